The highest BCUT2D eigenvalue weighted by atomic mass is 79.9. The molecule has 1 unspecified atom stereocenters. The van der Waals surface area contributed by atoms with Gasteiger partial charge in [0.15, 0.2) is 5.78 Å². The largest absolute Gasteiger partial charge is 0.396 e. The number of hydrogen-bond donors (Lipinski definition) is 1. The predicted octanol–water partition coefficient (Wildman–Crippen LogP) is 3.77. The number of Topliss-reactive ketones (excluding diaryl/α,β-unsaturated/α-hetero) is 1. The van der Waals surface area contributed by atoms with Crippen LogP contribution in [0.2, 0.25) is 0 Å². The van der Waals surface area contributed by atoms with E-state index in [2.05, 4.69) is 15.9 Å². The fraction of sp³-hybridized carbons (Fsp3) is 0.500. The first-order valence-electron chi connectivity index (χ1n) is 6.11. The molecule has 1 aromatic carbocycles. The number of benzene rings is 1. The summed E-state index contributed by atoms with van der Waals surface area (Å²) >= 11 is 5.16. The minimum Gasteiger partial charge on any atom is -0.396 e. The first-order valence-corrected chi connectivity index (χ1v) is 8.05. The second-order valence-corrected chi connectivity index (χ2v) is 6.46. The highest BCUT2D eigenvalue weighted by Gasteiger charge is 2.05. The van der Waals surface area contributed by atoms with Gasteiger partial charge in [-0.05, 0) is 36.0 Å². The van der Waals surface area contributed by atoms with Gasteiger partial charge >= 0.3 is 0 Å². The summed E-state index contributed by atoms with van der Waals surface area (Å²) in [5.41, 5.74) is 0.784. The Labute approximate surface area is 121 Å². The fourth-order valence-electron chi connectivity index (χ4n) is 1.45. The molecule has 0 aliphatic carbocycles. The molecule has 1 aromatic rings. The smallest absolute Gasteiger partial charge is 0.162 e. The molecule has 0 aromatic heterocycles. The van der Waals surface area contributed by atoms with Crippen molar-refractivity contribution in [1.82, 2.24) is 0 Å². The van der Waals surface area contributed by atoms with Crippen molar-refractivity contribution in [3.8, 4) is 0 Å². The van der Waals surface area contributed by atoms with E-state index in [0.717, 1.165) is 28.0 Å². The summed E-state index contributed by atoms with van der Waals surface area (Å²) in [6.07, 6.45) is 1.50. The molecule has 1 N–H and O–H groups in total. The molecular weight excluding hydrogens is 312 g/mol. The monoisotopic (exact) mass is 330 g/mol. The molecule has 100 valence electrons. The number of halogens is 1. The standard InChI is InChI=1S/C14H19BrO2S/c1-11(9-16)10-18-8-2-3-14(17)12-4-6-13(15)7-5-12/h4-7,11,16H,2-3,8-10H2,1H3. The van der Waals surface area contributed by atoms with Crippen molar-refractivity contribution in [3.05, 3.63) is 34.3 Å². The van der Waals surface area contributed by atoms with E-state index in [1.807, 2.05) is 31.2 Å². The van der Waals surface area contributed by atoms with Crippen LogP contribution in [-0.2, 0) is 0 Å². The third kappa shape index (κ3) is 6.03. The van der Waals surface area contributed by atoms with E-state index in [1.165, 1.54) is 0 Å². The highest BCUT2D eigenvalue weighted by Crippen LogP contribution is 2.14. The first kappa shape index (κ1) is 15.7. The van der Waals surface area contributed by atoms with Crippen LogP contribution in [0.1, 0.15) is 30.1 Å². The minimum absolute atomic E-state index is 0.207. The highest BCUT2D eigenvalue weighted by molar-refractivity contribution is 9.10. The summed E-state index contributed by atoms with van der Waals surface area (Å²) < 4.78 is 0.993. The lowest BCUT2D eigenvalue weighted by Crippen LogP contribution is -2.04. The summed E-state index contributed by atoms with van der Waals surface area (Å²) in [6.45, 7) is 2.27. The molecule has 0 radical (unpaired) electrons. The molecule has 0 saturated carbocycles. The molecular formula is C14H19BrO2S. The van der Waals surface area contributed by atoms with Crippen LogP contribution in [0.3, 0.4) is 0 Å². The maximum absolute atomic E-state index is 11.8. The molecule has 4 heteroatoms. The third-order valence-electron chi connectivity index (χ3n) is 2.57. The Balaban J connectivity index is 2.19. The Morgan fingerprint density at radius 1 is 1.39 bits per heavy atom. The van der Waals surface area contributed by atoms with Crippen molar-refractivity contribution in [3.63, 3.8) is 0 Å². The van der Waals surface area contributed by atoms with Gasteiger partial charge in [0.05, 0.1) is 0 Å². The van der Waals surface area contributed by atoms with Crippen molar-refractivity contribution >= 4 is 33.5 Å². The normalized spacial score (nSPS) is 12.4. The number of ketones is 1. The van der Waals surface area contributed by atoms with Gasteiger partial charge in [0.25, 0.3) is 0 Å². The van der Waals surface area contributed by atoms with Crippen molar-refractivity contribution in [2.75, 3.05) is 18.1 Å². The number of aliphatic hydroxyl groups excluding tert-OH is 1. The molecule has 0 aliphatic rings. The molecule has 0 amide bonds. The van der Waals surface area contributed by atoms with Crippen molar-refractivity contribution in [1.29, 1.82) is 0 Å². The summed E-state index contributed by atoms with van der Waals surface area (Å²) in [7, 11) is 0. The molecule has 2 nitrogen and oxygen atoms in total. The van der Waals surface area contributed by atoms with Crippen LogP contribution < -0.4 is 0 Å². The Morgan fingerprint density at radius 3 is 2.67 bits per heavy atom. The average Bonchev–Trinajstić information content (AvgIpc) is 2.38. The van der Waals surface area contributed by atoms with Crippen LogP contribution in [0.4, 0.5) is 0 Å². The van der Waals surface area contributed by atoms with Gasteiger partial charge in [0, 0.05) is 23.1 Å². The molecule has 0 heterocycles. The molecule has 0 bridgehead atoms. The van der Waals surface area contributed by atoms with E-state index in [-0.39, 0.29) is 12.4 Å². The van der Waals surface area contributed by atoms with Gasteiger partial charge in [-0.2, -0.15) is 11.8 Å². The zero-order chi connectivity index (χ0) is 13.4. The summed E-state index contributed by atoms with van der Waals surface area (Å²) in [4.78, 5) is 11.8. The number of aliphatic hydroxyl groups is 1. The van der Waals surface area contributed by atoms with E-state index < -0.39 is 0 Å². The second-order valence-electron chi connectivity index (χ2n) is 4.40. The van der Waals surface area contributed by atoms with E-state index in [1.54, 1.807) is 11.8 Å². The lowest BCUT2D eigenvalue weighted by Gasteiger charge is -2.06. The van der Waals surface area contributed by atoms with Gasteiger partial charge in [0.2, 0.25) is 0 Å². The molecule has 0 spiro atoms. The van der Waals surface area contributed by atoms with Crippen molar-refractivity contribution in [2.24, 2.45) is 5.92 Å². The Bertz CT molecular complexity index is 365. The third-order valence-corrected chi connectivity index (χ3v) is 4.48. The van der Waals surface area contributed by atoms with Crippen molar-refractivity contribution < 1.29 is 9.90 Å². The van der Waals surface area contributed by atoms with E-state index >= 15 is 0 Å². The van der Waals surface area contributed by atoms with Crippen LogP contribution in [0.15, 0.2) is 28.7 Å². The molecule has 0 saturated heterocycles. The number of rotatable bonds is 8. The zero-order valence-electron chi connectivity index (χ0n) is 10.6. The maximum Gasteiger partial charge on any atom is 0.162 e. The van der Waals surface area contributed by atoms with Crippen molar-refractivity contribution in [2.45, 2.75) is 19.8 Å². The predicted molar refractivity (Wildman–Crippen MR) is 81.3 cm³/mol. The minimum atomic E-state index is 0.207. The summed E-state index contributed by atoms with van der Waals surface area (Å²) in [6, 6.07) is 7.50. The quantitative estimate of drug-likeness (QED) is 0.582. The maximum atomic E-state index is 11.8. The molecule has 0 fully saturated rings. The molecule has 18 heavy (non-hydrogen) atoms. The van der Waals surface area contributed by atoms with Gasteiger partial charge in [-0.15, -0.1) is 0 Å². The number of thioether (sulfide) groups is 1. The Kier molecular flexibility index (Phi) is 7.63. The van der Waals surface area contributed by atoms with Gasteiger partial charge in [0.1, 0.15) is 0 Å². The van der Waals surface area contributed by atoms with Gasteiger partial charge in [-0.3, -0.25) is 4.79 Å². The topological polar surface area (TPSA) is 37.3 Å². The second kappa shape index (κ2) is 8.73. The lowest BCUT2D eigenvalue weighted by molar-refractivity contribution is 0.0982. The van der Waals surface area contributed by atoms with Crippen LogP contribution in [-0.4, -0.2) is 29.0 Å². The van der Waals surface area contributed by atoms with E-state index in [4.69, 9.17) is 5.11 Å². The Hall–Kier alpha value is -0.320. The molecule has 1 rings (SSSR count). The van der Waals surface area contributed by atoms with Gasteiger partial charge in [-0.1, -0.05) is 35.0 Å². The van der Waals surface area contributed by atoms with Crippen LogP contribution >= 0.6 is 27.7 Å². The lowest BCUT2D eigenvalue weighted by atomic mass is 10.1. The number of hydrogen-bond acceptors (Lipinski definition) is 3. The number of carbonyl (C=O) groups excluding carboxylic acids is 1. The molecule has 0 aliphatic heterocycles. The summed E-state index contributed by atoms with van der Waals surface area (Å²) in [5, 5.41) is 8.88. The van der Waals surface area contributed by atoms with E-state index in [0.29, 0.717) is 12.3 Å². The first-order chi connectivity index (χ1) is 8.63. The van der Waals surface area contributed by atoms with Gasteiger partial charge < -0.3 is 5.11 Å². The van der Waals surface area contributed by atoms with Crippen LogP contribution in [0, 0.1) is 5.92 Å². The van der Waals surface area contributed by atoms with Crippen LogP contribution in [0.5, 0.6) is 0 Å². The molecule has 1 atom stereocenters. The van der Waals surface area contributed by atoms with Crippen LogP contribution in [0.25, 0.3) is 0 Å². The number of carbonyl (C=O) groups is 1. The fourth-order valence-corrected chi connectivity index (χ4v) is 2.74. The van der Waals surface area contributed by atoms with Gasteiger partial charge in [-0.25, -0.2) is 0 Å². The van der Waals surface area contributed by atoms with E-state index in [9.17, 15) is 4.79 Å². The Morgan fingerprint density at radius 2 is 2.06 bits per heavy atom. The summed E-state index contributed by atoms with van der Waals surface area (Å²) in [5.74, 6) is 2.49. The SMILES string of the molecule is CC(CO)CSCCCC(=O)c1ccc(Br)cc1. The zero-order valence-corrected chi connectivity index (χ0v) is 13.0. The average molecular weight is 331 g/mol.